The first-order chi connectivity index (χ1) is 5.34. The van der Waals surface area contributed by atoms with E-state index in [2.05, 4.69) is 9.97 Å². The second-order valence-corrected chi connectivity index (χ2v) is 2.88. The van der Waals surface area contributed by atoms with Gasteiger partial charge in [-0.15, -0.1) is 0 Å². The summed E-state index contributed by atoms with van der Waals surface area (Å²) in [6, 6.07) is 0. The Morgan fingerprint density at radius 1 is 1.73 bits per heavy atom. The minimum Gasteiger partial charge on any atom is -0.396 e. The SMILES string of the molecule is O=c1[nH]ccnc1SCCO. The highest BCUT2D eigenvalue weighted by atomic mass is 32.2. The number of aliphatic hydroxyl groups excluding tert-OH is 1. The third-order valence-corrected chi connectivity index (χ3v) is 1.96. The Hall–Kier alpha value is -0.810. The monoisotopic (exact) mass is 172 g/mol. The van der Waals surface area contributed by atoms with Crippen molar-refractivity contribution in [2.24, 2.45) is 0 Å². The molecule has 11 heavy (non-hydrogen) atoms. The number of aliphatic hydroxyl groups is 1. The molecule has 60 valence electrons. The van der Waals surface area contributed by atoms with Crippen molar-refractivity contribution >= 4 is 11.8 Å². The van der Waals surface area contributed by atoms with Crippen LogP contribution in [0.1, 0.15) is 0 Å². The van der Waals surface area contributed by atoms with Crippen molar-refractivity contribution in [1.29, 1.82) is 0 Å². The summed E-state index contributed by atoms with van der Waals surface area (Å²) >= 11 is 1.24. The molecule has 0 unspecified atom stereocenters. The quantitative estimate of drug-likeness (QED) is 0.622. The van der Waals surface area contributed by atoms with Gasteiger partial charge in [0.1, 0.15) is 0 Å². The molecular weight excluding hydrogens is 164 g/mol. The second-order valence-electron chi connectivity index (χ2n) is 1.80. The van der Waals surface area contributed by atoms with E-state index < -0.39 is 0 Å². The van der Waals surface area contributed by atoms with E-state index in [9.17, 15) is 4.79 Å². The fourth-order valence-corrected chi connectivity index (χ4v) is 1.19. The highest BCUT2D eigenvalue weighted by Crippen LogP contribution is 2.06. The van der Waals surface area contributed by atoms with Crippen LogP contribution in [0.3, 0.4) is 0 Å². The Labute approximate surface area is 67.7 Å². The summed E-state index contributed by atoms with van der Waals surface area (Å²) < 4.78 is 0. The topological polar surface area (TPSA) is 66.0 Å². The van der Waals surface area contributed by atoms with E-state index in [1.165, 1.54) is 24.2 Å². The van der Waals surface area contributed by atoms with Crippen LogP contribution in [0.2, 0.25) is 0 Å². The van der Waals surface area contributed by atoms with Crippen LogP contribution < -0.4 is 5.56 Å². The van der Waals surface area contributed by atoms with Crippen LogP contribution in [0.15, 0.2) is 22.2 Å². The summed E-state index contributed by atoms with van der Waals surface area (Å²) in [5.41, 5.74) is -0.203. The van der Waals surface area contributed by atoms with E-state index in [1.807, 2.05) is 0 Å². The molecule has 1 aromatic heterocycles. The minimum atomic E-state index is -0.203. The molecule has 0 bridgehead atoms. The molecule has 0 aliphatic heterocycles. The average molecular weight is 172 g/mol. The zero-order valence-corrected chi connectivity index (χ0v) is 6.60. The summed E-state index contributed by atoms with van der Waals surface area (Å²) in [5.74, 6) is 0.500. The van der Waals surface area contributed by atoms with Crippen molar-refractivity contribution in [2.75, 3.05) is 12.4 Å². The fourth-order valence-electron chi connectivity index (χ4n) is 0.583. The summed E-state index contributed by atoms with van der Waals surface area (Å²) in [6.45, 7) is 0.0562. The van der Waals surface area contributed by atoms with E-state index in [4.69, 9.17) is 5.11 Å². The average Bonchev–Trinajstić information content (AvgIpc) is 2.03. The fraction of sp³-hybridized carbons (Fsp3) is 0.333. The molecule has 0 fully saturated rings. The van der Waals surface area contributed by atoms with E-state index in [0.717, 1.165) is 0 Å². The lowest BCUT2D eigenvalue weighted by atomic mass is 10.7. The van der Waals surface area contributed by atoms with Crippen LogP contribution in [0, 0.1) is 0 Å². The molecular formula is C6H8N2O2S. The van der Waals surface area contributed by atoms with Crippen LogP contribution in [-0.4, -0.2) is 27.4 Å². The van der Waals surface area contributed by atoms with Crippen LogP contribution in [0.25, 0.3) is 0 Å². The van der Waals surface area contributed by atoms with Gasteiger partial charge in [0.25, 0.3) is 5.56 Å². The number of hydrogen-bond donors (Lipinski definition) is 2. The number of thioether (sulfide) groups is 1. The Balaban J connectivity index is 2.70. The predicted molar refractivity (Wildman–Crippen MR) is 42.7 cm³/mol. The summed E-state index contributed by atoms with van der Waals surface area (Å²) in [4.78, 5) is 17.2. The van der Waals surface area contributed by atoms with E-state index in [1.54, 1.807) is 0 Å². The maximum absolute atomic E-state index is 10.9. The number of nitrogens with one attached hydrogen (secondary N) is 1. The lowest BCUT2D eigenvalue weighted by Crippen LogP contribution is -2.09. The Morgan fingerprint density at radius 3 is 3.18 bits per heavy atom. The van der Waals surface area contributed by atoms with E-state index in [0.29, 0.717) is 10.8 Å². The first kappa shape index (κ1) is 8.29. The molecule has 5 heteroatoms. The number of aromatic amines is 1. The molecule has 4 nitrogen and oxygen atoms in total. The van der Waals surface area contributed by atoms with Gasteiger partial charge in [0.2, 0.25) is 0 Å². The maximum Gasteiger partial charge on any atom is 0.280 e. The Bertz CT molecular complexity index is 273. The molecule has 1 rings (SSSR count). The minimum absolute atomic E-state index is 0.0562. The van der Waals surface area contributed by atoms with Gasteiger partial charge in [-0.3, -0.25) is 4.79 Å². The van der Waals surface area contributed by atoms with Crippen molar-refractivity contribution in [3.05, 3.63) is 22.7 Å². The summed E-state index contributed by atoms with van der Waals surface area (Å²) in [7, 11) is 0. The molecule has 0 aliphatic carbocycles. The van der Waals surface area contributed by atoms with Gasteiger partial charge in [-0.2, -0.15) is 0 Å². The van der Waals surface area contributed by atoms with Gasteiger partial charge in [0.05, 0.1) is 6.61 Å². The molecule has 1 heterocycles. The van der Waals surface area contributed by atoms with Gasteiger partial charge in [0, 0.05) is 18.1 Å². The van der Waals surface area contributed by atoms with Crippen LogP contribution in [0.5, 0.6) is 0 Å². The molecule has 0 aromatic carbocycles. The van der Waals surface area contributed by atoms with E-state index in [-0.39, 0.29) is 12.2 Å². The van der Waals surface area contributed by atoms with Crippen molar-refractivity contribution < 1.29 is 5.11 Å². The Kier molecular flexibility index (Phi) is 3.13. The largest absolute Gasteiger partial charge is 0.396 e. The van der Waals surface area contributed by atoms with Crippen LogP contribution in [0.4, 0.5) is 0 Å². The molecule has 0 atom stereocenters. The van der Waals surface area contributed by atoms with Gasteiger partial charge < -0.3 is 10.1 Å². The predicted octanol–water partition coefficient (Wildman–Crippen LogP) is -0.146. The third kappa shape index (κ3) is 2.36. The highest BCUT2D eigenvalue weighted by Gasteiger charge is 1.98. The molecule has 0 radical (unpaired) electrons. The Morgan fingerprint density at radius 2 is 2.55 bits per heavy atom. The van der Waals surface area contributed by atoms with Crippen molar-refractivity contribution in [2.45, 2.75) is 5.03 Å². The van der Waals surface area contributed by atoms with Gasteiger partial charge in [-0.25, -0.2) is 4.98 Å². The smallest absolute Gasteiger partial charge is 0.280 e. The van der Waals surface area contributed by atoms with Crippen molar-refractivity contribution in [3.63, 3.8) is 0 Å². The van der Waals surface area contributed by atoms with Gasteiger partial charge in [-0.05, 0) is 0 Å². The van der Waals surface area contributed by atoms with Gasteiger partial charge in [0.15, 0.2) is 5.03 Å². The molecule has 0 saturated carbocycles. The van der Waals surface area contributed by atoms with E-state index >= 15 is 0 Å². The molecule has 1 aromatic rings. The second kappa shape index (κ2) is 4.15. The highest BCUT2D eigenvalue weighted by molar-refractivity contribution is 7.99. The van der Waals surface area contributed by atoms with Crippen molar-refractivity contribution in [3.8, 4) is 0 Å². The number of H-pyrrole nitrogens is 1. The number of hydrogen-bond acceptors (Lipinski definition) is 4. The zero-order valence-electron chi connectivity index (χ0n) is 5.78. The lowest BCUT2D eigenvalue weighted by Gasteiger charge is -1.94. The van der Waals surface area contributed by atoms with Gasteiger partial charge in [-0.1, -0.05) is 11.8 Å². The third-order valence-electron chi connectivity index (χ3n) is 1.01. The maximum atomic E-state index is 10.9. The standard InChI is InChI=1S/C6H8N2O2S/c9-3-4-11-6-5(10)7-1-2-8-6/h1-2,9H,3-4H2,(H,7,10). The lowest BCUT2D eigenvalue weighted by molar-refractivity contribution is 0.322. The molecule has 0 aliphatic rings. The number of nitrogens with zero attached hydrogens (tertiary/aromatic N) is 1. The summed E-state index contributed by atoms with van der Waals surface area (Å²) in [6.07, 6.45) is 2.99. The first-order valence-electron chi connectivity index (χ1n) is 3.12. The molecule has 2 N–H and O–H groups in total. The van der Waals surface area contributed by atoms with Gasteiger partial charge >= 0.3 is 0 Å². The van der Waals surface area contributed by atoms with Crippen LogP contribution >= 0.6 is 11.8 Å². The molecule has 0 amide bonds. The molecule has 0 saturated heterocycles. The first-order valence-corrected chi connectivity index (χ1v) is 4.10. The van der Waals surface area contributed by atoms with Crippen LogP contribution in [-0.2, 0) is 0 Å². The summed E-state index contributed by atoms with van der Waals surface area (Å²) in [5, 5.41) is 8.86. The zero-order chi connectivity index (χ0) is 8.10. The van der Waals surface area contributed by atoms with Crippen molar-refractivity contribution in [1.82, 2.24) is 9.97 Å². The number of aromatic nitrogens is 2. The molecule has 0 spiro atoms. The normalized spacial score (nSPS) is 9.91. The number of rotatable bonds is 3.